The van der Waals surface area contributed by atoms with Crippen molar-refractivity contribution in [3.8, 4) is 0 Å². The summed E-state index contributed by atoms with van der Waals surface area (Å²) in [5.74, 6) is 0.00918. The SMILES string of the molecule is COC(=O)NCc1cccc(C(=N)N)c1. The molecule has 0 fully saturated rings. The molecule has 0 saturated heterocycles. The predicted molar refractivity (Wildman–Crippen MR) is 56.7 cm³/mol. The van der Waals surface area contributed by atoms with Crippen molar-refractivity contribution >= 4 is 11.9 Å². The van der Waals surface area contributed by atoms with Gasteiger partial charge in [-0.2, -0.15) is 0 Å². The Morgan fingerprint density at radius 2 is 2.33 bits per heavy atom. The van der Waals surface area contributed by atoms with Crippen molar-refractivity contribution in [1.82, 2.24) is 5.32 Å². The van der Waals surface area contributed by atoms with E-state index in [0.717, 1.165) is 5.56 Å². The highest BCUT2D eigenvalue weighted by Crippen LogP contribution is 2.04. The number of carbonyl (C=O) groups is 1. The third kappa shape index (κ3) is 3.30. The Labute approximate surface area is 87.7 Å². The van der Waals surface area contributed by atoms with Gasteiger partial charge in [-0.3, -0.25) is 5.41 Å². The Kier molecular flexibility index (Phi) is 3.68. The number of ether oxygens (including phenoxy) is 1. The molecule has 0 atom stereocenters. The average Bonchev–Trinajstić information content (AvgIpc) is 2.26. The maximum atomic E-state index is 10.8. The fourth-order valence-corrected chi connectivity index (χ4v) is 1.10. The highest BCUT2D eigenvalue weighted by atomic mass is 16.5. The fourth-order valence-electron chi connectivity index (χ4n) is 1.10. The molecule has 80 valence electrons. The first-order chi connectivity index (χ1) is 7.13. The molecule has 0 aliphatic heterocycles. The highest BCUT2D eigenvalue weighted by molar-refractivity contribution is 5.95. The van der Waals surface area contributed by atoms with Crippen LogP contribution in [0, 0.1) is 5.41 Å². The molecule has 1 rings (SSSR count). The molecule has 0 saturated carbocycles. The van der Waals surface area contributed by atoms with Gasteiger partial charge in [-0.05, 0) is 11.6 Å². The van der Waals surface area contributed by atoms with Gasteiger partial charge in [-0.1, -0.05) is 18.2 Å². The van der Waals surface area contributed by atoms with Crippen LogP contribution < -0.4 is 11.1 Å². The number of carbonyl (C=O) groups excluding carboxylic acids is 1. The van der Waals surface area contributed by atoms with Crippen molar-refractivity contribution in [1.29, 1.82) is 5.41 Å². The van der Waals surface area contributed by atoms with Gasteiger partial charge in [-0.15, -0.1) is 0 Å². The molecule has 0 heterocycles. The first-order valence-corrected chi connectivity index (χ1v) is 4.38. The van der Waals surface area contributed by atoms with Gasteiger partial charge in [0.25, 0.3) is 0 Å². The minimum absolute atomic E-state index is 0.00918. The number of nitrogen functional groups attached to an aromatic ring is 1. The molecular formula is C10H13N3O2. The zero-order valence-corrected chi connectivity index (χ0v) is 8.41. The summed E-state index contributed by atoms with van der Waals surface area (Å²) in [7, 11) is 1.31. The van der Waals surface area contributed by atoms with Crippen LogP contribution in [-0.2, 0) is 11.3 Å². The van der Waals surface area contributed by atoms with E-state index in [2.05, 4.69) is 10.1 Å². The normalized spacial score (nSPS) is 9.40. The molecule has 1 aromatic rings. The van der Waals surface area contributed by atoms with Crippen LogP contribution >= 0.6 is 0 Å². The second-order valence-electron chi connectivity index (χ2n) is 2.96. The molecule has 15 heavy (non-hydrogen) atoms. The van der Waals surface area contributed by atoms with E-state index in [1.807, 2.05) is 6.07 Å². The van der Waals surface area contributed by atoms with Gasteiger partial charge in [0.15, 0.2) is 0 Å². The topological polar surface area (TPSA) is 88.2 Å². The molecule has 0 bridgehead atoms. The number of benzene rings is 1. The number of hydrogen-bond acceptors (Lipinski definition) is 3. The maximum absolute atomic E-state index is 10.8. The monoisotopic (exact) mass is 207 g/mol. The number of nitrogens with two attached hydrogens (primary N) is 1. The van der Waals surface area contributed by atoms with Crippen molar-refractivity contribution in [2.24, 2.45) is 5.73 Å². The van der Waals surface area contributed by atoms with Crippen molar-refractivity contribution < 1.29 is 9.53 Å². The molecule has 1 aromatic carbocycles. The smallest absolute Gasteiger partial charge is 0.407 e. The molecule has 0 aromatic heterocycles. The molecule has 5 heteroatoms. The van der Waals surface area contributed by atoms with Crippen LogP contribution in [0.5, 0.6) is 0 Å². The van der Waals surface area contributed by atoms with Gasteiger partial charge in [0, 0.05) is 12.1 Å². The van der Waals surface area contributed by atoms with Crippen LogP contribution in [0.4, 0.5) is 4.79 Å². The summed E-state index contributed by atoms with van der Waals surface area (Å²) in [6, 6.07) is 7.11. The van der Waals surface area contributed by atoms with Crippen LogP contribution in [0.15, 0.2) is 24.3 Å². The van der Waals surface area contributed by atoms with Gasteiger partial charge in [0.2, 0.25) is 0 Å². The Morgan fingerprint density at radius 1 is 1.60 bits per heavy atom. The predicted octanol–water partition coefficient (Wildman–Crippen LogP) is 0.827. The van der Waals surface area contributed by atoms with Crippen LogP contribution in [-0.4, -0.2) is 19.0 Å². The van der Waals surface area contributed by atoms with E-state index in [0.29, 0.717) is 12.1 Å². The lowest BCUT2D eigenvalue weighted by atomic mass is 10.1. The Bertz CT molecular complexity index is 377. The quantitative estimate of drug-likeness (QED) is 0.506. The molecule has 5 nitrogen and oxygen atoms in total. The summed E-state index contributed by atoms with van der Waals surface area (Å²) in [5.41, 5.74) is 6.84. The lowest BCUT2D eigenvalue weighted by Gasteiger charge is -2.05. The van der Waals surface area contributed by atoms with Crippen molar-refractivity contribution in [2.45, 2.75) is 6.54 Å². The van der Waals surface area contributed by atoms with Crippen LogP contribution in [0.3, 0.4) is 0 Å². The maximum Gasteiger partial charge on any atom is 0.407 e. The van der Waals surface area contributed by atoms with E-state index in [1.165, 1.54) is 7.11 Å². The number of methoxy groups -OCH3 is 1. The first kappa shape index (κ1) is 11.0. The first-order valence-electron chi connectivity index (χ1n) is 4.38. The minimum Gasteiger partial charge on any atom is -0.453 e. The van der Waals surface area contributed by atoms with E-state index >= 15 is 0 Å². The molecule has 4 N–H and O–H groups in total. The summed E-state index contributed by atoms with van der Waals surface area (Å²) in [4.78, 5) is 10.8. The molecule has 1 amide bonds. The number of hydrogen-bond donors (Lipinski definition) is 3. The van der Waals surface area contributed by atoms with E-state index in [9.17, 15) is 4.79 Å². The number of amides is 1. The third-order valence-corrected chi connectivity index (χ3v) is 1.86. The van der Waals surface area contributed by atoms with Gasteiger partial charge < -0.3 is 15.8 Å². The van der Waals surface area contributed by atoms with Crippen molar-refractivity contribution in [3.63, 3.8) is 0 Å². The van der Waals surface area contributed by atoms with Crippen molar-refractivity contribution in [3.05, 3.63) is 35.4 Å². The number of nitrogens with one attached hydrogen (secondary N) is 2. The Morgan fingerprint density at radius 3 is 2.93 bits per heavy atom. The molecule has 0 spiro atoms. The highest BCUT2D eigenvalue weighted by Gasteiger charge is 2.01. The van der Waals surface area contributed by atoms with Gasteiger partial charge in [0.1, 0.15) is 5.84 Å². The van der Waals surface area contributed by atoms with Gasteiger partial charge in [-0.25, -0.2) is 4.79 Å². The molecule has 0 aliphatic rings. The lowest BCUT2D eigenvalue weighted by molar-refractivity contribution is 0.170. The Hall–Kier alpha value is -2.04. The molecule has 0 radical (unpaired) electrons. The molecule has 0 aliphatic carbocycles. The van der Waals surface area contributed by atoms with Crippen LogP contribution in [0.2, 0.25) is 0 Å². The fraction of sp³-hybridized carbons (Fsp3) is 0.200. The third-order valence-electron chi connectivity index (χ3n) is 1.86. The van der Waals surface area contributed by atoms with E-state index in [4.69, 9.17) is 11.1 Å². The van der Waals surface area contributed by atoms with E-state index in [-0.39, 0.29) is 5.84 Å². The van der Waals surface area contributed by atoms with Crippen LogP contribution in [0.25, 0.3) is 0 Å². The number of alkyl carbamates (subject to hydrolysis) is 1. The Balaban J connectivity index is 2.66. The van der Waals surface area contributed by atoms with Gasteiger partial charge >= 0.3 is 6.09 Å². The average molecular weight is 207 g/mol. The standard InChI is InChI=1S/C10H13N3O2/c1-15-10(14)13-6-7-3-2-4-8(5-7)9(11)12/h2-5H,6H2,1H3,(H3,11,12)(H,13,14). The summed E-state index contributed by atoms with van der Waals surface area (Å²) in [6.07, 6.45) is -0.483. The lowest BCUT2D eigenvalue weighted by Crippen LogP contribution is -2.22. The van der Waals surface area contributed by atoms with E-state index < -0.39 is 6.09 Å². The summed E-state index contributed by atoms with van der Waals surface area (Å²) in [6.45, 7) is 0.355. The largest absolute Gasteiger partial charge is 0.453 e. The van der Waals surface area contributed by atoms with E-state index in [1.54, 1.807) is 18.2 Å². The number of rotatable bonds is 3. The summed E-state index contributed by atoms with van der Waals surface area (Å²) in [5, 5.41) is 9.79. The van der Waals surface area contributed by atoms with Crippen LogP contribution in [0.1, 0.15) is 11.1 Å². The minimum atomic E-state index is -0.483. The number of amidine groups is 1. The molecular weight excluding hydrogens is 194 g/mol. The second kappa shape index (κ2) is 4.99. The molecule has 0 unspecified atom stereocenters. The zero-order chi connectivity index (χ0) is 11.3. The summed E-state index contributed by atoms with van der Waals surface area (Å²) >= 11 is 0. The second-order valence-corrected chi connectivity index (χ2v) is 2.96. The zero-order valence-electron chi connectivity index (χ0n) is 8.41. The van der Waals surface area contributed by atoms with Crippen molar-refractivity contribution in [2.75, 3.05) is 7.11 Å². The summed E-state index contributed by atoms with van der Waals surface area (Å²) < 4.78 is 4.43. The van der Waals surface area contributed by atoms with Gasteiger partial charge in [0.05, 0.1) is 7.11 Å².